The molecule has 1 saturated carbocycles. The summed E-state index contributed by atoms with van der Waals surface area (Å²) in [6, 6.07) is 2.70. The minimum atomic E-state index is -0.776. The van der Waals surface area contributed by atoms with Crippen molar-refractivity contribution in [2.45, 2.75) is 24.8 Å². The van der Waals surface area contributed by atoms with Crippen molar-refractivity contribution < 1.29 is 13.9 Å². The van der Waals surface area contributed by atoms with Gasteiger partial charge in [-0.25, -0.2) is 9.18 Å². The molecule has 17 heavy (non-hydrogen) atoms. The number of hydrogen-bond donors (Lipinski definition) is 0. The van der Waals surface area contributed by atoms with Gasteiger partial charge in [0.2, 0.25) is 6.08 Å². The number of ether oxygens (including phenoxy) is 1. The van der Waals surface area contributed by atoms with Gasteiger partial charge in [0.25, 0.3) is 0 Å². The third kappa shape index (κ3) is 1.94. The van der Waals surface area contributed by atoms with Gasteiger partial charge in [0.15, 0.2) is 0 Å². The highest BCUT2D eigenvalue weighted by Crippen LogP contribution is 2.47. The van der Waals surface area contributed by atoms with Gasteiger partial charge in [-0.15, -0.1) is 0 Å². The highest BCUT2D eigenvalue weighted by molar-refractivity contribution is 6.32. The number of carbonyl (C=O) groups excluding carboxylic acids is 1. The van der Waals surface area contributed by atoms with Gasteiger partial charge in [-0.2, -0.15) is 4.99 Å². The third-order valence-electron chi connectivity index (χ3n) is 3.18. The maximum Gasteiger partial charge on any atom is 0.235 e. The van der Waals surface area contributed by atoms with Crippen LogP contribution in [0.3, 0.4) is 0 Å². The number of benzene rings is 1. The lowest BCUT2D eigenvalue weighted by atomic mass is 9.72. The van der Waals surface area contributed by atoms with E-state index in [1.54, 1.807) is 0 Å². The van der Waals surface area contributed by atoms with Crippen molar-refractivity contribution in [3.05, 3.63) is 28.5 Å². The molecule has 2 rings (SSSR count). The van der Waals surface area contributed by atoms with Crippen LogP contribution in [0.4, 0.5) is 4.39 Å². The van der Waals surface area contributed by atoms with Crippen molar-refractivity contribution in [3.8, 4) is 5.75 Å². The molecule has 0 amide bonds. The van der Waals surface area contributed by atoms with Gasteiger partial charge in [-0.1, -0.05) is 11.6 Å². The normalized spacial score (nSPS) is 16.9. The Bertz CT molecular complexity index is 494. The summed E-state index contributed by atoms with van der Waals surface area (Å²) in [6.45, 7) is 0. The topological polar surface area (TPSA) is 38.7 Å². The van der Waals surface area contributed by atoms with Crippen LogP contribution < -0.4 is 4.74 Å². The van der Waals surface area contributed by atoms with Crippen LogP contribution in [0.25, 0.3) is 0 Å². The van der Waals surface area contributed by atoms with E-state index in [-0.39, 0.29) is 5.75 Å². The maximum absolute atomic E-state index is 13.9. The van der Waals surface area contributed by atoms with Crippen molar-refractivity contribution in [2.24, 2.45) is 4.99 Å². The monoisotopic (exact) mass is 255 g/mol. The average Bonchev–Trinajstić information content (AvgIpc) is 2.26. The number of aliphatic imine (C=N–C) groups is 1. The van der Waals surface area contributed by atoms with Gasteiger partial charge in [0.05, 0.1) is 12.1 Å². The smallest absolute Gasteiger partial charge is 0.235 e. The number of nitrogens with zero attached hydrogens (tertiary/aromatic N) is 1. The van der Waals surface area contributed by atoms with Crippen LogP contribution in [0, 0.1) is 5.82 Å². The lowest BCUT2D eigenvalue weighted by molar-refractivity contribution is 0.247. The van der Waals surface area contributed by atoms with E-state index < -0.39 is 11.4 Å². The number of halogens is 2. The summed E-state index contributed by atoms with van der Waals surface area (Å²) in [4.78, 5) is 14.2. The summed E-state index contributed by atoms with van der Waals surface area (Å²) in [5.74, 6) is -0.178. The van der Waals surface area contributed by atoms with E-state index in [9.17, 15) is 9.18 Å². The van der Waals surface area contributed by atoms with E-state index in [0.29, 0.717) is 23.4 Å². The van der Waals surface area contributed by atoms with Crippen LogP contribution in [-0.2, 0) is 10.3 Å². The zero-order chi connectivity index (χ0) is 12.5. The van der Waals surface area contributed by atoms with Crippen LogP contribution in [0.1, 0.15) is 24.8 Å². The van der Waals surface area contributed by atoms with Crippen molar-refractivity contribution >= 4 is 17.7 Å². The van der Waals surface area contributed by atoms with Crippen molar-refractivity contribution in [2.75, 3.05) is 7.11 Å². The fraction of sp³-hybridized carbons (Fsp3) is 0.417. The maximum atomic E-state index is 13.9. The van der Waals surface area contributed by atoms with E-state index in [0.717, 1.165) is 6.42 Å². The number of rotatable bonds is 3. The van der Waals surface area contributed by atoms with Gasteiger partial charge in [0, 0.05) is 11.6 Å². The Labute approximate surface area is 103 Å². The Morgan fingerprint density at radius 3 is 2.71 bits per heavy atom. The molecule has 0 heterocycles. The first kappa shape index (κ1) is 12.1. The molecule has 5 heteroatoms. The fourth-order valence-corrected chi connectivity index (χ4v) is 2.32. The summed E-state index contributed by atoms with van der Waals surface area (Å²) >= 11 is 5.96. The van der Waals surface area contributed by atoms with Crippen LogP contribution in [0.2, 0.25) is 5.02 Å². The molecular weight excluding hydrogens is 245 g/mol. The van der Waals surface area contributed by atoms with E-state index in [4.69, 9.17) is 16.3 Å². The molecule has 0 atom stereocenters. The summed E-state index contributed by atoms with van der Waals surface area (Å²) < 4.78 is 18.9. The zero-order valence-electron chi connectivity index (χ0n) is 9.30. The summed E-state index contributed by atoms with van der Waals surface area (Å²) in [6.07, 6.45) is 3.71. The molecule has 0 spiro atoms. The first-order valence-corrected chi connectivity index (χ1v) is 5.63. The van der Waals surface area contributed by atoms with Gasteiger partial charge in [-0.05, 0) is 25.3 Å². The second-order valence-electron chi connectivity index (χ2n) is 4.05. The number of methoxy groups -OCH3 is 1. The Morgan fingerprint density at radius 2 is 2.24 bits per heavy atom. The SMILES string of the molecule is COc1cc(F)c(C2(N=C=O)CCC2)cc1Cl. The number of hydrogen-bond acceptors (Lipinski definition) is 3. The summed E-state index contributed by atoms with van der Waals surface area (Å²) in [5, 5.41) is 0.316. The Hall–Kier alpha value is -1.38. The molecule has 0 bridgehead atoms. The molecule has 1 aliphatic rings. The van der Waals surface area contributed by atoms with Gasteiger partial charge >= 0.3 is 0 Å². The first-order chi connectivity index (χ1) is 8.13. The van der Waals surface area contributed by atoms with Crippen LogP contribution in [0.5, 0.6) is 5.75 Å². The molecule has 1 aromatic carbocycles. The minimum absolute atomic E-state index is 0.275. The molecule has 0 aliphatic heterocycles. The Morgan fingerprint density at radius 1 is 1.53 bits per heavy atom. The largest absolute Gasteiger partial charge is 0.495 e. The Balaban J connectivity index is 2.52. The fourth-order valence-electron chi connectivity index (χ4n) is 2.08. The number of isocyanates is 1. The van der Waals surface area contributed by atoms with E-state index in [1.165, 1.54) is 25.3 Å². The van der Waals surface area contributed by atoms with Crippen LogP contribution in [-0.4, -0.2) is 13.2 Å². The molecule has 1 fully saturated rings. The quantitative estimate of drug-likeness (QED) is 0.615. The highest BCUT2D eigenvalue weighted by Gasteiger charge is 2.41. The van der Waals surface area contributed by atoms with Gasteiger partial charge in [0.1, 0.15) is 17.1 Å². The second-order valence-corrected chi connectivity index (χ2v) is 4.46. The second kappa shape index (κ2) is 4.47. The summed E-state index contributed by atoms with van der Waals surface area (Å²) in [5.41, 5.74) is -0.431. The molecule has 1 aromatic rings. The Kier molecular flexibility index (Phi) is 3.18. The minimum Gasteiger partial charge on any atom is -0.495 e. The first-order valence-electron chi connectivity index (χ1n) is 5.25. The van der Waals surface area contributed by atoms with Crippen molar-refractivity contribution in [1.29, 1.82) is 0 Å². The van der Waals surface area contributed by atoms with Gasteiger partial charge < -0.3 is 4.74 Å². The predicted octanol–water partition coefficient (Wildman–Crippen LogP) is 3.20. The average molecular weight is 256 g/mol. The molecule has 0 unspecified atom stereocenters. The lowest BCUT2D eigenvalue weighted by Crippen LogP contribution is -2.33. The zero-order valence-corrected chi connectivity index (χ0v) is 10.1. The molecule has 0 saturated heterocycles. The van der Waals surface area contributed by atoms with E-state index in [1.807, 2.05) is 0 Å². The van der Waals surface area contributed by atoms with Gasteiger partial charge in [-0.3, -0.25) is 0 Å². The molecule has 90 valence electrons. The highest BCUT2D eigenvalue weighted by atomic mass is 35.5. The molecule has 3 nitrogen and oxygen atoms in total. The van der Waals surface area contributed by atoms with Crippen molar-refractivity contribution in [1.82, 2.24) is 0 Å². The molecule has 0 radical (unpaired) electrons. The molecule has 1 aliphatic carbocycles. The predicted molar refractivity (Wildman–Crippen MR) is 61.6 cm³/mol. The third-order valence-corrected chi connectivity index (χ3v) is 3.48. The molecule has 0 N–H and O–H groups in total. The van der Waals surface area contributed by atoms with Crippen LogP contribution in [0.15, 0.2) is 17.1 Å². The van der Waals surface area contributed by atoms with E-state index >= 15 is 0 Å². The van der Waals surface area contributed by atoms with Crippen molar-refractivity contribution in [3.63, 3.8) is 0 Å². The molecule has 0 aromatic heterocycles. The summed E-state index contributed by atoms with van der Waals surface area (Å²) in [7, 11) is 1.42. The lowest BCUT2D eigenvalue weighted by Gasteiger charge is -2.37. The molecular formula is C12H11ClFNO2. The van der Waals surface area contributed by atoms with E-state index in [2.05, 4.69) is 4.99 Å². The standard InChI is InChI=1S/C12H11ClFNO2/c1-17-11-6-10(14)8(5-9(11)13)12(15-7-16)3-2-4-12/h5-6H,2-4H2,1H3. The van der Waals surface area contributed by atoms with Crippen LogP contribution >= 0.6 is 11.6 Å².